The van der Waals surface area contributed by atoms with Crippen molar-refractivity contribution in [3.05, 3.63) is 36.5 Å². The van der Waals surface area contributed by atoms with E-state index in [1.54, 1.807) is 6.20 Å². The number of nitrogens with one attached hydrogen (secondary N) is 1. The second-order valence-electron chi connectivity index (χ2n) is 5.74. The molecule has 2 heterocycles. The summed E-state index contributed by atoms with van der Waals surface area (Å²) in [6, 6.07) is 9.12. The smallest absolute Gasteiger partial charge is 0.318 e. The highest BCUT2D eigenvalue weighted by atomic mass is 32.2. The van der Waals surface area contributed by atoms with E-state index in [1.165, 1.54) is 11.8 Å². The largest absolute Gasteiger partial charge is 0.376 e. The van der Waals surface area contributed by atoms with E-state index in [2.05, 4.69) is 14.9 Å². The van der Waals surface area contributed by atoms with Crippen molar-refractivity contribution in [2.75, 3.05) is 12.4 Å². The second kappa shape index (κ2) is 8.17. The van der Waals surface area contributed by atoms with Crippen LogP contribution >= 0.6 is 11.8 Å². The molecule has 3 N–H and O–H groups in total. The minimum atomic E-state index is -0.849. The van der Waals surface area contributed by atoms with Crippen LogP contribution in [0.2, 0.25) is 0 Å². The van der Waals surface area contributed by atoms with Crippen molar-refractivity contribution in [3.8, 4) is 11.3 Å². The molecule has 132 valence electrons. The van der Waals surface area contributed by atoms with E-state index >= 15 is 0 Å². The lowest BCUT2D eigenvalue weighted by Gasteiger charge is -2.16. The molecule has 1 fully saturated rings. The number of imidazole rings is 1. The fourth-order valence-electron chi connectivity index (χ4n) is 2.79. The molecular formula is C17H20N4O3S. The Morgan fingerprint density at radius 2 is 2.16 bits per heavy atom. The molecule has 1 unspecified atom stereocenters. The molecule has 1 aliphatic heterocycles. The Kier molecular flexibility index (Phi) is 5.72. The first-order valence-electron chi connectivity index (χ1n) is 8.08. The zero-order chi connectivity index (χ0) is 17.6. The van der Waals surface area contributed by atoms with E-state index in [9.17, 15) is 9.59 Å². The van der Waals surface area contributed by atoms with Gasteiger partial charge in [0, 0.05) is 6.61 Å². The summed E-state index contributed by atoms with van der Waals surface area (Å²) in [6.45, 7) is 1.47. The van der Waals surface area contributed by atoms with E-state index in [0.29, 0.717) is 11.7 Å². The van der Waals surface area contributed by atoms with Gasteiger partial charge in [-0.1, -0.05) is 42.1 Å². The molecule has 3 amide bonds. The van der Waals surface area contributed by atoms with Gasteiger partial charge in [-0.3, -0.25) is 10.1 Å². The number of imide groups is 1. The molecule has 3 rings (SSSR count). The molecule has 2 aromatic rings. The van der Waals surface area contributed by atoms with Gasteiger partial charge >= 0.3 is 6.03 Å². The summed E-state index contributed by atoms with van der Waals surface area (Å²) >= 11 is 1.27. The van der Waals surface area contributed by atoms with Crippen LogP contribution in [0.4, 0.5) is 4.79 Å². The number of hydrogen-bond acceptors (Lipinski definition) is 5. The van der Waals surface area contributed by atoms with E-state index in [0.717, 1.165) is 30.7 Å². The van der Waals surface area contributed by atoms with Gasteiger partial charge in [-0.2, -0.15) is 0 Å². The van der Waals surface area contributed by atoms with Gasteiger partial charge in [-0.05, 0) is 18.4 Å². The van der Waals surface area contributed by atoms with Crippen molar-refractivity contribution < 1.29 is 14.3 Å². The first-order chi connectivity index (χ1) is 12.1. The molecule has 7 nitrogen and oxygen atoms in total. The van der Waals surface area contributed by atoms with Crippen molar-refractivity contribution in [2.24, 2.45) is 5.73 Å². The Morgan fingerprint density at radius 3 is 2.84 bits per heavy atom. The molecule has 8 heteroatoms. The molecule has 1 aromatic carbocycles. The summed E-state index contributed by atoms with van der Waals surface area (Å²) in [5, 5.41) is 2.78. The summed E-state index contributed by atoms with van der Waals surface area (Å²) in [7, 11) is 0. The van der Waals surface area contributed by atoms with Crippen molar-refractivity contribution in [1.29, 1.82) is 0 Å². The third-order valence-corrected chi connectivity index (χ3v) is 4.88. The zero-order valence-electron chi connectivity index (χ0n) is 13.7. The molecule has 1 aromatic heterocycles. The van der Waals surface area contributed by atoms with Gasteiger partial charge in [0.2, 0.25) is 5.91 Å². The molecule has 1 atom stereocenters. The number of ether oxygens (including phenoxy) is 1. The van der Waals surface area contributed by atoms with E-state index in [-0.39, 0.29) is 11.9 Å². The quantitative estimate of drug-likeness (QED) is 0.768. The minimum Gasteiger partial charge on any atom is -0.376 e. The number of nitrogens with zero attached hydrogens (tertiary/aromatic N) is 2. The number of thioether (sulfide) groups is 1. The lowest BCUT2D eigenvalue weighted by molar-refractivity contribution is -0.117. The Balaban J connectivity index is 1.80. The number of rotatable bonds is 6. The number of primary amides is 1. The summed E-state index contributed by atoms with van der Waals surface area (Å²) < 4.78 is 7.83. The lowest BCUT2D eigenvalue weighted by Crippen LogP contribution is -2.36. The zero-order valence-corrected chi connectivity index (χ0v) is 14.5. The minimum absolute atomic E-state index is 0.0692. The average Bonchev–Trinajstić information content (AvgIpc) is 3.24. The van der Waals surface area contributed by atoms with Gasteiger partial charge in [0.15, 0.2) is 5.16 Å². The van der Waals surface area contributed by atoms with Gasteiger partial charge in [0.25, 0.3) is 0 Å². The number of amides is 3. The SMILES string of the molecule is NC(=O)NC(=O)CSc1ncc(-c2ccccc2)n1CC1CCCO1. The topological polar surface area (TPSA) is 99.2 Å². The third kappa shape index (κ3) is 4.61. The van der Waals surface area contributed by atoms with Crippen molar-refractivity contribution in [3.63, 3.8) is 0 Å². The molecule has 1 aliphatic rings. The monoisotopic (exact) mass is 360 g/mol. The van der Waals surface area contributed by atoms with Gasteiger partial charge in [0.1, 0.15) is 0 Å². The fraction of sp³-hybridized carbons (Fsp3) is 0.353. The van der Waals surface area contributed by atoms with Crippen LogP contribution in [0.15, 0.2) is 41.7 Å². The maximum absolute atomic E-state index is 11.7. The predicted octanol–water partition coefficient (Wildman–Crippen LogP) is 2.02. The number of nitrogens with two attached hydrogens (primary N) is 1. The molecule has 1 saturated heterocycles. The van der Waals surface area contributed by atoms with Crippen molar-refractivity contribution in [2.45, 2.75) is 30.6 Å². The molecule has 0 radical (unpaired) electrons. The van der Waals surface area contributed by atoms with Crippen LogP contribution < -0.4 is 11.1 Å². The average molecular weight is 360 g/mol. The lowest BCUT2D eigenvalue weighted by atomic mass is 10.1. The number of aromatic nitrogens is 2. The van der Waals surface area contributed by atoms with Gasteiger partial charge < -0.3 is 15.0 Å². The summed E-state index contributed by atoms with van der Waals surface area (Å²) in [5.74, 6) is -0.370. The fourth-order valence-corrected chi connectivity index (χ4v) is 3.57. The van der Waals surface area contributed by atoms with Crippen LogP contribution in [-0.2, 0) is 16.1 Å². The van der Waals surface area contributed by atoms with Crippen LogP contribution in [0.25, 0.3) is 11.3 Å². The van der Waals surface area contributed by atoms with Gasteiger partial charge in [-0.15, -0.1) is 0 Å². The van der Waals surface area contributed by atoms with E-state index < -0.39 is 11.9 Å². The standard InChI is InChI=1S/C17H20N4O3S/c18-16(23)20-15(22)11-25-17-19-9-14(12-5-2-1-3-6-12)21(17)10-13-7-4-8-24-13/h1-3,5-6,9,13H,4,7-8,10-11H2,(H3,18,20,22,23). The summed E-state index contributed by atoms with van der Waals surface area (Å²) in [5.41, 5.74) is 7.00. The number of carbonyl (C=O) groups excluding carboxylic acids is 2. The normalized spacial score (nSPS) is 16.7. The van der Waals surface area contributed by atoms with Crippen LogP contribution in [0.1, 0.15) is 12.8 Å². The molecule has 0 spiro atoms. The first kappa shape index (κ1) is 17.5. The van der Waals surface area contributed by atoms with Crippen LogP contribution in [-0.4, -0.2) is 40.0 Å². The highest BCUT2D eigenvalue weighted by Gasteiger charge is 2.21. The molecule has 0 saturated carbocycles. The summed E-state index contributed by atoms with van der Waals surface area (Å²) in [4.78, 5) is 26.9. The number of hydrogen-bond donors (Lipinski definition) is 2. The van der Waals surface area contributed by atoms with Crippen LogP contribution in [0, 0.1) is 0 Å². The molecule has 25 heavy (non-hydrogen) atoms. The Labute approximate surface area is 149 Å². The van der Waals surface area contributed by atoms with Crippen LogP contribution in [0.3, 0.4) is 0 Å². The molecule has 0 aliphatic carbocycles. The van der Waals surface area contributed by atoms with E-state index in [4.69, 9.17) is 10.5 Å². The van der Waals surface area contributed by atoms with Crippen molar-refractivity contribution in [1.82, 2.24) is 14.9 Å². The predicted molar refractivity (Wildman–Crippen MR) is 95.1 cm³/mol. The van der Waals surface area contributed by atoms with Gasteiger partial charge in [0.05, 0.1) is 30.3 Å². The number of benzene rings is 1. The molecule has 0 bridgehead atoms. The molecular weight excluding hydrogens is 340 g/mol. The maximum atomic E-state index is 11.7. The number of carbonyl (C=O) groups is 2. The number of urea groups is 1. The van der Waals surface area contributed by atoms with Crippen molar-refractivity contribution >= 4 is 23.7 Å². The van der Waals surface area contributed by atoms with Crippen LogP contribution in [0.5, 0.6) is 0 Å². The van der Waals surface area contributed by atoms with E-state index in [1.807, 2.05) is 30.3 Å². The summed E-state index contributed by atoms with van der Waals surface area (Å²) in [6.07, 6.45) is 4.02. The second-order valence-corrected chi connectivity index (χ2v) is 6.68. The Morgan fingerprint density at radius 1 is 1.36 bits per heavy atom. The Hall–Kier alpha value is -2.32. The third-order valence-electron chi connectivity index (χ3n) is 3.89. The van der Waals surface area contributed by atoms with Gasteiger partial charge in [-0.25, -0.2) is 9.78 Å². The first-order valence-corrected chi connectivity index (χ1v) is 9.06. The maximum Gasteiger partial charge on any atom is 0.318 e. The highest BCUT2D eigenvalue weighted by Crippen LogP contribution is 2.28. The highest BCUT2D eigenvalue weighted by molar-refractivity contribution is 7.99. The Bertz CT molecular complexity index is 742.